The summed E-state index contributed by atoms with van der Waals surface area (Å²) < 4.78 is 6.51. The molecule has 0 saturated carbocycles. The van der Waals surface area contributed by atoms with E-state index >= 15 is 0 Å². The largest absolute Gasteiger partial charge is 0.455 e. The van der Waals surface area contributed by atoms with Gasteiger partial charge in [-0.05, 0) is 114 Å². The highest BCUT2D eigenvalue weighted by atomic mass is 16.3. The topological polar surface area (TPSA) is 64.7 Å². The first-order chi connectivity index (χ1) is 30.2. The second kappa shape index (κ2) is 14.2. The Morgan fingerprint density at radius 2 is 0.770 bits per heavy atom. The molecule has 9 aromatic carbocycles. The highest BCUT2D eigenvalue weighted by molar-refractivity contribution is 6.25. The number of rotatable bonds is 6. The summed E-state index contributed by atoms with van der Waals surface area (Å²) in [6, 6.07) is 68.2. The second-order valence-corrected chi connectivity index (χ2v) is 15.4. The third-order valence-corrected chi connectivity index (χ3v) is 11.8. The third-order valence-electron chi connectivity index (χ3n) is 11.8. The molecule has 0 radical (unpaired) electrons. The average molecular weight is 779 g/mol. The normalized spacial score (nSPS) is 11.6. The SMILES string of the molecule is c1ccc(-c2nc(-c3cc(-c4ccc(-c5ccncc5)cc4)cc(-c4ccc5c6ccccc6c6ccccc6c5c4)c3)nc(-c3cccc4c3oc3ccccc34)n2)cc1. The van der Waals surface area contributed by atoms with E-state index in [0.717, 1.165) is 72.0 Å². The highest BCUT2D eigenvalue weighted by Crippen LogP contribution is 2.40. The first-order valence-electron chi connectivity index (χ1n) is 20.4. The fraction of sp³-hybridized carbons (Fsp3) is 0. The van der Waals surface area contributed by atoms with Gasteiger partial charge in [-0.1, -0.05) is 146 Å². The molecule has 5 nitrogen and oxygen atoms in total. The van der Waals surface area contributed by atoms with Gasteiger partial charge >= 0.3 is 0 Å². The van der Waals surface area contributed by atoms with Crippen molar-refractivity contribution in [2.75, 3.05) is 0 Å². The zero-order valence-electron chi connectivity index (χ0n) is 32.8. The van der Waals surface area contributed by atoms with Crippen molar-refractivity contribution >= 4 is 54.3 Å². The first-order valence-corrected chi connectivity index (χ1v) is 20.4. The minimum Gasteiger partial charge on any atom is -0.455 e. The molecule has 0 aliphatic heterocycles. The van der Waals surface area contributed by atoms with Gasteiger partial charge in [-0.2, -0.15) is 0 Å². The van der Waals surface area contributed by atoms with Crippen molar-refractivity contribution in [3.05, 3.63) is 207 Å². The smallest absolute Gasteiger partial charge is 0.167 e. The molecule has 0 unspecified atom stereocenters. The number of hydrogen-bond donors (Lipinski definition) is 0. The van der Waals surface area contributed by atoms with Crippen molar-refractivity contribution in [3.8, 4) is 67.5 Å². The summed E-state index contributed by atoms with van der Waals surface area (Å²) >= 11 is 0. The Balaban J connectivity index is 1.09. The van der Waals surface area contributed by atoms with E-state index in [1.165, 1.54) is 32.3 Å². The molecule has 0 atom stereocenters. The summed E-state index contributed by atoms with van der Waals surface area (Å²) in [5.41, 5.74) is 10.7. The summed E-state index contributed by atoms with van der Waals surface area (Å²) in [7, 11) is 0. The number of hydrogen-bond acceptors (Lipinski definition) is 5. The molecule has 3 aromatic heterocycles. The number of para-hydroxylation sites is 2. The van der Waals surface area contributed by atoms with E-state index in [1.807, 2.05) is 85.2 Å². The van der Waals surface area contributed by atoms with Gasteiger partial charge in [0.25, 0.3) is 0 Å². The standard InChI is InChI=1S/C56H34N4O/c1-2-11-38(12-3-1)54-58-55(60-56(59-54)50-19-10-18-49-48-17-8-9-20-52(48)61-53(49)50)42-32-40(36-23-21-35(22-24-36)37-27-29-57-30-28-37)31-41(33-42)39-25-26-47-45-15-5-4-13-43(45)44-14-6-7-16-46(44)51(47)34-39/h1-34H. The molecule has 0 N–H and O–H groups in total. The molecule has 0 saturated heterocycles. The van der Waals surface area contributed by atoms with Gasteiger partial charge < -0.3 is 4.42 Å². The number of benzene rings is 9. The summed E-state index contributed by atoms with van der Waals surface area (Å²) in [4.78, 5) is 19.8. The van der Waals surface area contributed by atoms with Crippen LogP contribution >= 0.6 is 0 Å². The fourth-order valence-electron chi connectivity index (χ4n) is 8.84. The summed E-state index contributed by atoms with van der Waals surface area (Å²) in [5, 5.41) is 9.51. The van der Waals surface area contributed by atoms with Crippen LogP contribution in [-0.4, -0.2) is 19.9 Å². The van der Waals surface area contributed by atoms with Crippen molar-refractivity contribution in [3.63, 3.8) is 0 Å². The Bertz CT molecular complexity index is 3600. The Morgan fingerprint density at radius 1 is 0.279 bits per heavy atom. The van der Waals surface area contributed by atoms with Gasteiger partial charge in [0.2, 0.25) is 0 Å². The zero-order valence-corrected chi connectivity index (χ0v) is 32.8. The summed E-state index contributed by atoms with van der Waals surface area (Å²) in [6.45, 7) is 0. The summed E-state index contributed by atoms with van der Waals surface area (Å²) in [6.07, 6.45) is 3.66. The molecular weight excluding hydrogens is 745 g/mol. The third kappa shape index (κ3) is 6.02. The predicted octanol–water partition coefficient (Wildman–Crippen LogP) is 14.6. The number of fused-ring (bicyclic) bond motifs is 9. The Labute approximate surface area is 351 Å². The Hall–Kier alpha value is -8.28. The van der Waals surface area contributed by atoms with Crippen LogP contribution in [0.2, 0.25) is 0 Å². The lowest BCUT2D eigenvalue weighted by atomic mass is 9.90. The predicted molar refractivity (Wildman–Crippen MR) is 250 cm³/mol. The van der Waals surface area contributed by atoms with Crippen LogP contribution in [0.4, 0.5) is 0 Å². The maximum Gasteiger partial charge on any atom is 0.167 e. The lowest BCUT2D eigenvalue weighted by molar-refractivity contribution is 0.669. The molecule has 5 heteroatoms. The lowest BCUT2D eigenvalue weighted by Crippen LogP contribution is -2.01. The molecule has 0 spiro atoms. The molecular formula is C56H34N4O. The first kappa shape index (κ1) is 34.7. The van der Waals surface area contributed by atoms with Crippen molar-refractivity contribution in [2.45, 2.75) is 0 Å². The fourth-order valence-corrected chi connectivity index (χ4v) is 8.84. The minimum atomic E-state index is 0.547. The monoisotopic (exact) mass is 778 g/mol. The van der Waals surface area contributed by atoms with Gasteiger partial charge in [-0.25, -0.2) is 15.0 Å². The molecule has 61 heavy (non-hydrogen) atoms. The summed E-state index contributed by atoms with van der Waals surface area (Å²) in [5.74, 6) is 1.71. The van der Waals surface area contributed by atoms with E-state index < -0.39 is 0 Å². The minimum absolute atomic E-state index is 0.547. The number of furan rings is 1. The maximum absolute atomic E-state index is 6.51. The lowest BCUT2D eigenvalue weighted by Gasteiger charge is -2.15. The molecule has 0 bridgehead atoms. The zero-order chi connectivity index (χ0) is 40.3. The van der Waals surface area contributed by atoms with Gasteiger partial charge in [0.1, 0.15) is 11.2 Å². The van der Waals surface area contributed by atoms with Crippen LogP contribution in [0.1, 0.15) is 0 Å². The maximum atomic E-state index is 6.51. The molecule has 0 aliphatic rings. The van der Waals surface area contributed by atoms with Gasteiger partial charge in [0, 0.05) is 34.3 Å². The van der Waals surface area contributed by atoms with Crippen LogP contribution in [0.5, 0.6) is 0 Å². The van der Waals surface area contributed by atoms with Gasteiger partial charge in [0.15, 0.2) is 17.5 Å². The van der Waals surface area contributed by atoms with Crippen LogP contribution in [-0.2, 0) is 0 Å². The number of nitrogens with zero attached hydrogens (tertiary/aromatic N) is 4. The second-order valence-electron chi connectivity index (χ2n) is 15.4. The molecule has 0 fully saturated rings. The molecule has 12 aromatic rings. The van der Waals surface area contributed by atoms with E-state index in [1.54, 1.807) is 0 Å². The molecule has 284 valence electrons. The van der Waals surface area contributed by atoms with Gasteiger partial charge in [0.05, 0.1) is 5.56 Å². The highest BCUT2D eigenvalue weighted by Gasteiger charge is 2.19. The van der Waals surface area contributed by atoms with Crippen molar-refractivity contribution in [1.29, 1.82) is 0 Å². The molecule has 0 aliphatic carbocycles. The van der Waals surface area contributed by atoms with Gasteiger partial charge in [-0.3, -0.25) is 4.98 Å². The van der Waals surface area contributed by atoms with Crippen LogP contribution in [0.3, 0.4) is 0 Å². The van der Waals surface area contributed by atoms with E-state index in [4.69, 9.17) is 19.4 Å². The number of pyridine rings is 1. The van der Waals surface area contributed by atoms with Crippen LogP contribution in [0, 0.1) is 0 Å². The van der Waals surface area contributed by atoms with E-state index in [2.05, 4.69) is 126 Å². The molecule has 12 rings (SSSR count). The van der Waals surface area contributed by atoms with Crippen molar-refractivity contribution in [1.82, 2.24) is 19.9 Å². The Kier molecular flexibility index (Phi) is 8.10. The van der Waals surface area contributed by atoms with Crippen molar-refractivity contribution < 1.29 is 4.42 Å². The van der Waals surface area contributed by atoms with Crippen molar-refractivity contribution in [2.24, 2.45) is 0 Å². The van der Waals surface area contributed by atoms with Crippen LogP contribution in [0.15, 0.2) is 211 Å². The van der Waals surface area contributed by atoms with E-state index in [0.29, 0.717) is 17.5 Å². The Morgan fingerprint density at radius 3 is 1.48 bits per heavy atom. The van der Waals surface area contributed by atoms with E-state index in [-0.39, 0.29) is 0 Å². The molecule has 3 heterocycles. The van der Waals surface area contributed by atoms with Crippen LogP contribution in [0.25, 0.3) is 122 Å². The quantitative estimate of drug-likeness (QED) is 0.157. The molecule has 0 amide bonds. The van der Waals surface area contributed by atoms with E-state index in [9.17, 15) is 0 Å². The average Bonchev–Trinajstić information content (AvgIpc) is 3.73. The van der Waals surface area contributed by atoms with Gasteiger partial charge in [-0.15, -0.1) is 0 Å². The van der Waals surface area contributed by atoms with Crippen LogP contribution < -0.4 is 0 Å². The number of aromatic nitrogens is 4.